The fraction of sp³-hybridized carbons (Fsp3) is 0.273. The summed E-state index contributed by atoms with van der Waals surface area (Å²) in [6.45, 7) is 3.49. The molecule has 144 valence electrons. The van der Waals surface area contributed by atoms with Gasteiger partial charge in [-0.15, -0.1) is 0 Å². The molecule has 0 bridgehead atoms. The van der Waals surface area contributed by atoms with E-state index >= 15 is 0 Å². The molecule has 28 heavy (non-hydrogen) atoms. The number of hydrogen-bond donors (Lipinski definition) is 0. The lowest BCUT2D eigenvalue weighted by Gasteiger charge is -2.37. The monoisotopic (exact) mass is 393 g/mol. The highest BCUT2D eigenvalue weighted by molar-refractivity contribution is 7.99. The minimum Gasteiger partial charge on any atom is -0.489 e. The number of aryl methyl sites for hydroxylation is 1. The molecule has 0 aliphatic carbocycles. The molecule has 4 rings (SSSR count). The maximum atomic E-state index is 13.3. The van der Waals surface area contributed by atoms with Gasteiger partial charge in [-0.25, -0.2) is 4.98 Å². The SMILES string of the molecule is CCCn1ccnc1SCC(=O)N1c2ccccc2OC[C@H]1c1ccccc1. The Morgan fingerprint density at radius 1 is 1.18 bits per heavy atom. The Balaban J connectivity index is 1.59. The van der Waals surface area contributed by atoms with Crippen LogP contribution in [-0.4, -0.2) is 27.8 Å². The van der Waals surface area contributed by atoms with Gasteiger partial charge < -0.3 is 9.30 Å². The Kier molecular flexibility index (Phi) is 5.67. The standard InChI is InChI=1S/C22H23N3O2S/c1-2-13-24-14-12-23-22(24)28-16-21(26)25-18-10-6-7-11-20(18)27-15-19(25)17-8-4-3-5-9-17/h3-12,14,19H,2,13,15-16H2,1H3/t19-/m0/s1. The summed E-state index contributed by atoms with van der Waals surface area (Å²) in [6.07, 6.45) is 4.79. The van der Waals surface area contributed by atoms with Crippen molar-refractivity contribution in [3.63, 3.8) is 0 Å². The molecule has 1 aromatic heterocycles. The predicted octanol–water partition coefficient (Wildman–Crippen LogP) is 4.55. The largest absolute Gasteiger partial charge is 0.489 e. The lowest BCUT2D eigenvalue weighted by Crippen LogP contribution is -2.42. The number of imidazole rings is 1. The summed E-state index contributed by atoms with van der Waals surface area (Å²) in [5, 5.41) is 0.882. The highest BCUT2D eigenvalue weighted by Crippen LogP contribution is 2.39. The molecule has 2 aromatic carbocycles. The van der Waals surface area contributed by atoms with Crippen LogP contribution in [-0.2, 0) is 11.3 Å². The molecule has 0 fully saturated rings. The Labute approximate surface area is 169 Å². The van der Waals surface area contributed by atoms with E-state index < -0.39 is 0 Å². The highest BCUT2D eigenvalue weighted by Gasteiger charge is 2.33. The molecule has 0 saturated heterocycles. The van der Waals surface area contributed by atoms with E-state index in [0.29, 0.717) is 12.4 Å². The topological polar surface area (TPSA) is 47.4 Å². The Morgan fingerprint density at radius 2 is 1.96 bits per heavy atom. The van der Waals surface area contributed by atoms with Crippen molar-refractivity contribution in [1.29, 1.82) is 0 Å². The Morgan fingerprint density at radius 3 is 2.79 bits per heavy atom. The number of anilines is 1. The van der Waals surface area contributed by atoms with Crippen LogP contribution >= 0.6 is 11.8 Å². The second kappa shape index (κ2) is 8.52. The maximum absolute atomic E-state index is 13.3. The number of hydrogen-bond acceptors (Lipinski definition) is 4. The first-order valence-electron chi connectivity index (χ1n) is 9.50. The first kappa shape index (κ1) is 18.6. The van der Waals surface area contributed by atoms with E-state index in [1.54, 1.807) is 6.20 Å². The number of rotatable bonds is 6. The van der Waals surface area contributed by atoms with Crippen LogP contribution in [0.1, 0.15) is 24.9 Å². The molecule has 2 heterocycles. The average Bonchev–Trinajstić information content (AvgIpc) is 3.19. The smallest absolute Gasteiger partial charge is 0.238 e. The van der Waals surface area contributed by atoms with Crippen molar-refractivity contribution in [3.8, 4) is 5.75 Å². The molecule has 1 amide bonds. The van der Waals surface area contributed by atoms with Crippen LogP contribution in [0, 0.1) is 0 Å². The first-order chi connectivity index (χ1) is 13.8. The van der Waals surface area contributed by atoms with E-state index in [9.17, 15) is 4.79 Å². The van der Waals surface area contributed by atoms with Crippen LogP contribution in [0.4, 0.5) is 5.69 Å². The molecule has 1 atom stereocenters. The minimum atomic E-state index is -0.139. The number of benzene rings is 2. The summed E-state index contributed by atoms with van der Waals surface area (Å²) in [6, 6.07) is 17.7. The molecular weight excluding hydrogens is 370 g/mol. The Hall–Kier alpha value is -2.73. The molecule has 0 unspecified atom stereocenters. The van der Waals surface area contributed by atoms with Gasteiger partial charge in [0.25, 0.3) is 0 Å². The maximum Gasteiger partial charge on any atom is 0.238 e. The van der Waals surface area contributed by atoms with Gasteiger partial charge in [0.15, 0.2) is 5.16 Å². The van der Waals surface area contributed by atoms with Crippen LogP contribution in [0.3, 0.4) is 0 Å². The van der Waals surface area contributed by atoms with Gasteiger partial charge in [0, 0.05) is 18.9 Å². The van der Waals surface area contributed by atoms with Gasteiger partial charge in [0.05, 0.1) is 17.5 Å². The van der Waals surface area contributed by atoms with Gasteiger partial charge >= 0.3 is 0 Å². The first-order valence-corrected chi connectivity index (χ1v) is 10.5. The summed E-state index contributed by atoms with van der Waals surface area (Å²) < 4.78 is 8.05. The van der Waals surface area contributed by atoms with Gasteiger partial charge in [0.2, 0.25) is 5.91 Å². The van der Waals surface area contributed by atoms with Crippen molar-refractivity contribution in [2.75, 3.05) is 17.3 Å². The lowest BCUT2D eigenvalue weighted by molar-refractivity contribution is -0.117. The fourth-order valence-electron chi connectivity index (χ4n) is 3.46. The quantitative estimate of drug-likeness (QED) is 0.577. The number of nitrogens with zero attached hydrogens (tertiary/aromatic N) is 3. The molecule has 3 aromatic rings. The van der Waals surface area contributed by atoms with Crippen LogP contribution < -0.4 is 9.64 Å². The van der Waals surface area contributed by atoms with E-state index in [0.717, 1.165) is 35.1 Å². The number of carbonyl (C=O) groups excluding carboxylic acids is 1. The fourth-order valence-corrected chi connectivity index (χ4v) is 4.31. The van der Waals surface area contributed by atoms with Gasteiger partial charge in [-0.3, -0.25) is 9.69 Å². The zero-order valence-electron chi connectivity index (χ0n) is 15.8. The van der Waals surface area contributed by atoms with Crippen LogP contribution in [0.2, 0.25) is 0 Å². The van der Waals surface area contributed by atoms with Crippen LogP contribution in [0.25, 0.3) is 0 Å². The van der Waals surface area contributed by atoms with Gasteiger partial charge in [-0.1, -0.05) is 61.2 Å². The second-order valence-corrected chi connectivity index (χ2v) is 7.60. The molecule has 0 N–H and O–H groups in total. The average molecular weight is 394 g/mol. The number of para-hydroxylation sites is 2. The summed E-state index contributed by atoms with van der Waals surface area (Å²) >= 11 is 1.49. The number of fused-ring (bicyclic) bond motifs is 1. The van der Waals surface area contributed by atoms with Gasteiger partial charge in [0.1, 0.15) is 12.4 Å². The number of thioether (sulfide) groups is 1. The summed E-state index contributed by atoms with van der Waals surface area (Å²) in [5.74, 6) is 1.14. The van der Waals surface area contributed by atoms with Crippen molar-refractivity contribution in [2.24, 2.45) is 0 Å². The Bertz CT molecular complexity index is 942. The van der Waals surface area contributed by atoms with E-state index in [2.05, 4.69) is 16.5 Å². The van der Waals surface area contributed by atoms with Crippen molar-refractivity contribution < 1.29 is 9.53 Å². The molecule has 1 aliphatic rings. The van der Waals surface area contributed by atoms with E-state index in [4.69, 9.17) is 4.74 Å². The van der Waals surface area contributed by atoms with E-state index in [-0.39, 0.29) is 11.9 Å². The van der Waals surface area contributed by atoms with E-state index in [1.807, 2.05) is 65.7 Å². The third-order valence-electron chi connectivity index (χ3n) is 4.75. The molecular formula is C22H23N3O2S. The molecule has 0 radical (unpaired) electrons. The normalized spacial score (nSPS) is 15.8. The molecule has 6 heteroatoms. The zero-order chi connectivity index (χ0) is 19.3. The highest BCUT2D eigenvalue weighted by atomic mass is 32.2. The molecule has 1 aliphatic heterocycles. The molecule has 0 saturated carbocycles. The van der Waals surface area contributed by atoms with Gasteiger partial charge in [-0.05, 0) is 24.1 Å². The third-order valence-corrected chi connectivity index (χ3v) is 5.74. The third kappa shape index (κ3) is 3.78. The zero-order valence-corrected chi connectivity index (χ0v) is 16.6. The van der Waals surface area contributed by atoms with Crippen LogP contribution in [0.5, 0.6) is 5.75 Å². The molecule has 5 nitrogen and oxygen atoms in total. The van der Waals surface area contributed by atoms with Crippen molar-refractivity contribution >= 4 is 23.4 Å². The van der Waals surface area contributed by atoms with Crippen molar-refractivity contribution in [3.05, 3.63) is 72.6 Å². The predicted molar refractivity (Wildman–Crippen MR) is 112 cm³/mol. The molecule has 0 spiro atoms. The van der Waals surface area contributed by atoms with Gasteiger partial charge in [-0.2, -0.15) is 0 Å². The number of aromatic nitrogens is 2. The minimum absolute atomic E-state index is 0.0562. The van der Waals surface area contributed by atoms with Crippen molar-refractivity contribution in [1.82, 2.24) is 9.55 Å². The summed E-state index contributed by atoms with van der Waals surface area (Å²) in [5.41, 5.74) is 1.90. The lowest BCUT2D eigenvalue weighted by atomic mass is 10.0. The number of carbonyl (C=O) groups is 1. The summed E-state index contributed by atoms with van der Waals surface area (Å²) in [7, 11) is 0. The number of ether oxygens (including phenoxy) is 1. The van der Waals surface area contributed by atoms with Crippen molar-refractivity contribution in [2.45, 2.75) is 31.1 Å². The van der Waals surface area contributed by atoms with Crippen LogP contribution in [0.15, 0.2) is 72.1 Å². The van der Waals surface area contributed by atoms with E-state index in [1.165, 1.54) is 11.8 Å². The summed E-state index contributed by atoms with van der Waals surface area (Å²) in [4.78, 5) is 19.6. The second-order valence-electron chi connectivity index (χ2n) is 6.66. The number of amides is 1.